The summed E-state index contributed by atoms with van der Waals surface area (Å²) in [6, 6.07) is 7.55. The summed E-state index contributed by atoms with van der Waals surface area (Å²) in [5.41, 5.74) is 1.03. The van der Waals surface area contributed by atoms with Crippen molar-refractivity contribution in [1.82, 2.24) is 0 Å². The van der Waals surface area contributed by atoms with Gasteiger partial charge in [0, 0.05) is 0 Å². The molecule has 110 valence electrons. The molecule has 20 heavy (non-hydrogen) atoms. The van der Waals surface area contributed by atoms with Crippen LogP contribution in [0.5, 0.6) is 5.75 Å². The molecule has 1 atom stereocenters. The highest BCUT2D eigenvalue weighted by Crippen LogP contribution is 2.14. The fourth-order valence-corrected chi connectivity index (χ4v) is 1.43. The van der Waals surface area contributed by atoms with Crippen molar-refractivity contribution in [2.75, 3.05) is 13.2 Å². The number of hydrogen-bond donors (Lipinski definition) is 0. The van der Waals surface area contributed by atoms with E-state index in [-0.39, 0.29) is 18.5 Å². The zero-order valence-corrected chi connectivity index (χ0v) is 12.3. The average Bonchev–Trinajstić information content (AvgIpc) is 2.44. The number of carbonyl (C=O) groups is 1. The molecule has 0 aliphatic rings. The highest BCUT2D eigenvalue weighted by Gasteiger charge is 2.09. The third-order valence-corrected chi connectivity index (χ3v) is 2.57. The Balaban J connectivity index is 2.24. The van der Waals surface area contributed by atoms with Crippen LogP contribution < -0.4 is 4.74 Å². The predicted octanol–water partition coefficient (Wildman–Crippen LogP) is 3.27. The maximum Gasteiger partial charge on any atom is 0.308 e. The molecule has 0 bridgehead atoms. The quantitative estimate of drug-likeness (QED) is 0.416. The van der Waals surface area contributed by atoms with Crippen LogP contribution in [0.4, 0.5) is 0 Å². The molecule has 4 nitrogen and oxygen atoms in total. The highest BCUT2D eigenvalue weighted by molar-refractivity contribution is 5.71. The summed E-state index contributed by atoms with van der Waals surface area (Å²) in [5, 5.41) is 0. The maximum atomic E-state index is 11.2. The summed E-state index contributed by atoms with van der Waals surface area (Å²) in [6.07, 6.45) is 1.37. The maximum absolute atomic E-state index is 11.2. The number of esters is 1. The van der Waals surface area contributed by atoms with E-state index in [1.54, 1.807) is 26.8 Å². The van der Waals surface area contributed by atoms with Gasteiger partial charge in [0.15, 0.2) is 6.29 Å². The van der Waals surface area contributed by atoms with Crippen LogP contribution >= 0.6 is 0 Å². The van der Waals surface area contributed by atoms with Gasteiger partial charge in [-0.2, -0.15) is 0 Å². The number of benzene rings is 1. The number of hydrogen-bond acceptors (Lipinski definition) is 4. The Labute approximate surface area is 120 Å². The van der Waals surface area contributed by atoms with Crippen molar-refractivity contribution in [2.24, 2.45) is 5.92 Å². The van der Waals surface area contributed by atoms with Crippen LogP contribution in [0.1, 0.15) is 26.3 Å². The molecule has 0 aromatic heterocycles. The zero-order valence-electron chi connectivity index (χ0n) is 12.3. The van der Waals surface area contributed by atoms with Crippen molar-refractivity contribution < 1.29 is 19.0 Å². The molecule has 0 N–H and O–H groups in total. The van der Waals surface area contributed by atoms with Gasteiger partial charge in [-0.3, -0.25) is 4.79 Å². The average molecular weight is 278 g/mol. The monoisotopic (exact) mass is 278 g/mol. The van der Waals surface area contributed by atoms with Gasteiger partial charge in [-0.25, -0.2) is 0 Å². The first-order chi connectivity index (χ1) is 9.52. The molecular weight excluding hydrogens is 256 g/mol. The molecule has 1 rings (SSSR count). The van der Waals surface area contributed by atoms with Crippen LogP contribution in [0, 0.1) is 5.92 Å². The van der Waals surface area contributed by atoms with E-state index >= 15 is 0 Å². The molecular formula is C16H22O4. The largest absolute Gasteiger partial charge is 0.465 e. The molecule has 0 spiro atoms. The fraction of sp³-hybridized carbons (Fsp3) is 0.438. The molecule has 1 unspecified atom stereocenters. The minimum absolute atomic E-state index is 0.118. The standard InChI is InChI=1S/C16H22O4/c1-5-14-6-8-15(9-7-14)20-13(4)18-10-11-19-16(17)12(2)3/h5-9,12-13H,1,10-11H2,2-4H3. The predicted molar refractivity (Wildman–Crippen MR) is 78.4 cm³/mol. The van der Waals surface area contributed by atoms with E-state index in [4.69, 9.17) is 14.2 Å². The number of ether oxygens (including phenoxy) is 3. The second-order valence-corrected chi connectivity index (χ2v) is 4.65. The van der Waals surface area contributed by atoms with E-state index in [1.165, 1.54) is 0 Å². The molecule has 1 aromatic carbocycles. The first kappa shape index (κ1) is 16.2. The number of rotatable bonds is 8. The lowest BCUT2D eigenvalue weighted by Gasteiger charge is -2.15. The van der Waals surface area contributed by atoms with E-state index in [1.807, 2.05) is 24.3 Å². The molecule has 0 saturated carbocycles. The molecule has 0 fully saturated rings. The Kier molecular flexibility index (Phi) is 6.81. The van der Waals surface area contributed by atoms with Gasteiger partial charge in [0.1, 0.15) is 12.4 Å². The van der Waals surface area contributed by atoms with Crippen LogP contribution in [0.3, 0.4) is 0 Å². The number of carbonyl (C=O) groups excluding carboxylic acids is 1. The van der Waals surface area contributed by atoms with Crippen LogP contribution in [-0.4, -0.2) is 25.5 Å². The van der Waals surface area contributed by atoms with Crippen molar-refractivity contribution in [3.63, 3.8) is 0 Å². The summed E-state index contributed by atoms with van der Waals surface area (Å²) in [7, 11) is 0. The van der Waals surface area contributed by atoms with Gasteiger partial charge >= 0.3 is 5.97 Å². The Hall–Kier alpha value is -1.81. The third kappa shape index (κ3) is 5.89. The lowest BCUT2D eigenvalue weighted by molar-refractivity contribution is -0.152. The fourth-order valence-electron chi connectivity index (χ4n) is 1.43. The first-order valence-corrected chi connectivity index (χ1v) is 6.70. The van der Waals surface area contributed by atoms with Gasteiger partial charge < -0.3 is 14.2 Å². The van der Waals surface area contributed by atoms with Gasteiger partial charge in [-0.15, -0.1) is 0 Å². The summed E-state index contributed by atoms with van der Waals surface area (Å²) < 4.78 is 16.0. The zero-order chi connectivity index (χ0) is 15.0. The molecule has 0 amide bonds. The van der Waals surface area contributed by atoms with Crippen molar-refractivity contribution in [2.45, 2.75) is 27.1 Å². The van der Waals surface area contributed by atoms with E-state index < -0.39 is 6.29 Å². The van der Waals surface area contributed by atoms with E-state index in [9.17, 15) is 4.79 Å². The summed E-state index contributed by atoms with van der Waals surface area (Å²) in [5.74, 6) is 0.386. The Morgan fingerprint density at radius 1 is 1.20 bits per heavy atom. The Morgan fingerprint density at radius 3 is 2.40 bits per heavy atom. The molecule has 0 saturated heterocycles. The van der Waals surface area contributed by atoms with E-state index in [2.05, 4.69) is 6.58 Å². The smallest absolute Gasteiger partial charge is 0.308 e. The van der Waals surface area contributed by atoms with Crippen molar-refractivity contribution >= 4 is 12.0 Å². The molecule has 4 heteroatoms. The highest BCUT2D eigenvalue weighted by atomic mass is 16.7. The van der Waals surface area contributed by atoms with Crippen LogP contribution in [-0.2, 0) is 14.3 Å². The minimum atomic E-state index is -0.401. The van der Waals surface area contributed by atoms with Crippen molar-refractivity contribution in [3.8, 4) is 5.75 Å². The van der Waals surface area contributed by atoms with Crippen LogP contribution in [0.2, 0.25) is 0 Å². The van der Waals surface area contributed by atoms with Gasteiger partial charge in [0.05, 0.1) is 12.5 Å². The van der Waals surface area contributed by atoms with E-state index in [0.717, 1.165) is 11.3 Å². The topological polar surface area (TPSA) is 44.8 Å². The molecule has 0 radical (unpaired) electrons. The molecule has 0 aliphatic heterocycles. The van der Waals surface area contributed by atoms with Crippen molar-refractivity contribution in [3.05, 3.63) is 36.4 Å². The van der Waals surface area contributed by atoms with Crippen LogP contribution in [0.25, 0.3) is 6.08 Å². The summed E-state index contributed by atoms with van der Waals surface area (Å²) >= 11 is 0. The third-order valence-electron chi connectivity index (χ3n) is 2.57. The molecule has 1 aromatic rings. The minimum Gasteiger partial charge on any atom is -0.465 e. The van der Waals surface area contributed by atoms with Gasteiger partial charge in [-0.05, 0) is 24.6 Å². The Morgan fingerprint density at radius 2 is 1.85 bits per heavy atom. The SMILES string of the molecule is C=Cc1ccc(OC(C)OCCOC(=O)C(C)C)cc1. The normalized spacial score (nSPS) is 12.0. The molecule has 0 heterocycles. The van der Waals surface area contributed by atoms with Gasteiger partial charge in [0.2, 0.25) is 0 Å². The second kappa shape index (κ2) is 8.38. The van der Waals surface area contributed by atoms with Crippen LogP contribution in [0.15, 0.2) is 30.8 Å². The first-order valence-electron chi connectivity index (χ1n) is 6.70. The van der Waals surface area contributed by atoms with Crippen molar-refractivity contribution in [1.29, 1.82) is 0 Å². The summed E-state index contributed by atoms with van der Waals surface area (Å²) in [6.45, 7) is 9.62. The summed E-state index contributed by atoms with van der Waals surface area (Å²) in [4.78, 5) is 11.2. The lowest BCUT2D eigenvalue weighted by Crippen LogP contribution is -2.21. The van der Waals surface area contributed by atoms with E-state index in [0.29, 0.717) is 6.61 Å². The molecule has 0 aliphatic carbocycles. The Bertz CT molecular complexity index is 423. The lowest BCUT2D eigenvalue weighted by atomic mass is 10.2. The van der Waals surface area contributed by atoms with Gasteiger partial charge in [-0.1, -0.05) is 38.6 Å². The second-order valence-electron chi connectivity index (χ2n) is 4.65. The van der Waals surface area contributed by atoms with Gasteiger partial charge in [0.25, 0.3) is 0 Å².